The van der Waals surface area contributed by atoms with Gasteiger partial charge >= 0.3 is 12.3 Å². The molecular formula is C24H23F6N3O. The maximum Gasteiger partial charge on any atom is 0.340 e. The van der Waals surface area contributed by atoms with Crippen molar-refractivity contribution in [2.75, 3.05) is 6.61 Å². The maximum atomic E-state index is 14.3. The van der Waals surface area contributed by atoms with Crippen LogP contribution in [0.15, 0.2) is 48.8 Å². The van der Waals surface area contributed by atoms with Gasteiger partial charge in [-0.15, -0.1) is 0 Å². The average Bonchev–Trinajstić information content (AvgIpc) is 3.23. The Kier molecular flexibility index (Phi) is 7.68. The molecule has 0 fully saturated rings. The van der Waals surface area contributed by atoms with Gasteiger partial charge in [0.2, 0.25) is 0 Å². The van der Waals surface area contributed by atoms with E-state index in [4.69, 9.17) is 4.74 Å². The predicted octanol–water partition coefficient (Wildman–Crippen LogP) is 6.37. The third kappa shape index (κ3) is 6.18. The minimum atomic E-state index is -4.22. The van der Waals surface area contributed by atoms with Crippen LogP contribution in [0.25, 0.3) is 12.2 Å². The Hall–Kier alpha value is -3.30. The van der Waals surface area contributed by atoms with Crippen LogP contribution >= 0.6 is 0 Å². The zero-order chi connectivity index (χ0) is 24.9. The smallest absolute Gasteiger partial charge is 0.340 e. The van der Waals surface area contributed by atoms with Crippen molar-refractivity contribution in [1.29, 1.82) is 0 Å². The molecule has 34 heavy (non-hydrogen) atoms. The van der Waals surface area contributed by atoms with Crippen molar-refractivity contribution in [2.24, 2.45) is 0 Å². The lowest BCUT2D eigenvalue weighted by Gasteiger charge is -2.29. The van der Waals surface area contributed by atoms with Crippen molar-refractivity contribution in [3.05, 3.63) is 77.4 Å². The summed E-state index contributed by atoms with van der Waals surface area (Å²) < 4.78 is 84.2. The lowest BCUT2D eigenvalue weighted by atomic mass is 9.79. The molecule has 4 nitrogen and oxygen atoms in total. The monoisotopic (exact) mass is 483 g/mol. The van der Waals surface area contributed by atoms with Crippen LogP contribution in [-0.4, -0.2) is 33.7 Å². The summed E-state index contributed by atoms with van der Waals surface area (Å²) in [6.07, 6.45) is 1.59. The predicted molar refractivity (Wildman–Crippen MR) is 116 cm³/mol. The van der Waals surface area contributed by atoms with Crippen LogP contribution in [0.5, 0.6) is 5.75 Å². The number of hydrogen-bond donors (Lipinski definition) is 0. The molecule has 0 unspecified atom stereocenters. The molecule has 1 heterocycles. The molecule has 0 aliphatic rings. The second kappa shape index (κ2) is 10.3. The standard InChI is InChI=1S/C24H23F6N3O/c1-3-23(2,19-10-7-17(25)12-20(19)26)13-33-15-31-21(32-33)11-6-16-4-8-18(9-5-16)34-14-24(29,30)22(27)28/h4-12,15,22H,3,13-14H2,1-2H3/b11-6+/t23-/m0/s1. The van der Waals surface area contributed by atoms with Crippen LogP contribution < -0.4 is 4.74 Å². The maximum absolute atomic E-state index is 14.3. The van der Waals surface area contributed by atoms with Crippen LogP contribution in [0, 0.1) is 11.6 Å². The van der Waals surface area contributed by atoms with Gasteiger partial charge in [0.15, 0.2) is 12.4 Å². The van der Waals surface area contributed by atoms with Gasteiger partial charge in [-0.05, 0) is 41.8 Å². The van der Waals surface area contributed by atoms with Crippen LogP contribution in [0.1, 0.15) is 37.2 Å². The number of nitrogens with zero attached hydrogens (tertiary/aromatic N) is 3. The van der Waals surface area contributed by atoms with E-state index in [1.54, 1.807) is 29.0 Å². The first-order valence-electron chi connectivity index (χ1n) is 10.4. The molecule has 1 aromatic heterocycles. The number of hydrogen-bond acceptors (Lipinski definition) is 3. The quantitative estimate of drug-likeness (QED) is 0.315. The first-order valence-corrected chi connectivity index (χ1v) is 10.4. The molecule has 0 saturated heterocycles. The molecule has 3 aromatic rings. The molecule has 0 amide bonds. The average molecular weight is 483 g/mol. The number of alkyl halides is 4. The highest BCUT2D eigenvalue weighted by atomic mass is 19.3. The zero-order valence-corrected chi connectivity index (χ0v) is 18.5. The molecule has 0 aliphatic heterocycles. The summed E-state index contributed by atoms with van der Waals surface area (Å²) in [4.78, 5) is 4.20. The van der Waals surface area contributed by atoms with E-state index in [-0.39, 0.29) is 5.75 Å². The van der Waals surface area contributed by atoms with Crippen LogP contribution in [0.2, 0.25) is 0 Å². The molecule has 10 heteroatoms. The molecule has 3 rings (SSSR count). The third-order valence-corrected chi connectivity index (χ3v) is 5.48. The summed E-state index contributed by atoms with van der Waals surface area (Å²) in [5.74, 6) is -5.06. The van der Waals surface area contributed by atoms with Crippen LogP contribution in [-0.2, 0) is 12.0 Å². The van der Waals surface area contributed by atoms with Crippen molar-refractivity contribution in [3.8, 4) is 5.75 Å². The van der Waals surface area contributed by atoms with Crippen molar-refractivity contribution < 1.29 is 31.1 Å². The van der Waals surface area contributed by atoms with E-state index < -0.39 is 36.0 Å². The summed E-state index contributed by atoms with van der Waals surface area (Å²) in [6, 6.07) is 9.42. The fourth-order valence-electron chi connectivity index (χ4n) is 3.27. The molecule has 0 saturated carbocycles. The SMILES string of the molecule is CC[C@@](C)(Cn1cnc(/C=C/c2ccc(OCC(F)(F)C(F)F)cc2)n1)c1ccc(F)cc1F. The molecule has 0 N–H and O–H groups in total. The van der Waals surface area contributed by atoms with Crippen molar-refractivity contribution in [3.63, 3.8) is 0 Å². The minimum Gasteiger partial charge on any atom is -0.487 e. The van der Waals surface area contributed by atoms with Crippen LogP contribution in [0.3, 0.4) is 0 Å². The second-order valence-corrected chi connectivity index (χ2v) is 8.09. The Morgan fingerprint density at radius 2 is 1.76 bits per heavy atom. The summed E-state index contributed by atoms with van der Waals surface area (Å²) >= 11 is 0. The summed E-state index contributed by atoms with van der Waals surface area (Å²) in [6.45, 7) is 2.67. The lowest BCUT2D eigenvalue weighted by molar-refractivity contribution is -0.148. The van der Waals surface area contributed by atoms with E-state index in [1.165, 1.54) is 30.6 Å². The van der Waals surface area contributed by atoms with E-state index in [1.807, 2.05) is 13.8 Å². The van der Waals surface area contributed by atoms with Gasteiger partial charge in [-0.3, -0.25) is 4.68 Å². The number of benzene rings is 2. The number of ether oxygens (including phenoxy) is 1. The fourth-order valence-corrected chi connectivity index (χ4v) is 3.27. The highest BCUT2D eigenvalue weighted by molar-refractivity contribution is 5.66. The highest BCUT2D eigenvalue weighted by Crippen LogP contribution is 2.31. The Balaban J connectivity index is 1.64. The topological polar surface area (TPSA) is 39.9 Å². The van der Waals surface area contributed by atoms with Crippen LogP contribution in [0.4, 0.5) is 26.3 Å². The van der Waals surface area contributed by atoms with Crippen molar-refractivity contribution in [2.45, 2.75) is 44.6 Å². The summed E-state index contributed by atoms with van der Waals surface area (Å²) in [5.41, 5.74) is 0.428. The van der Waals surface area contributed by atoms with Gasteiger partial charge in [0.05, 0.1) is 6.54 Å². The van der Waals surface area contributed by atoms with Gasteiger partial charge in [-0.2, -0.15) is 13.9 Å². The first-order chi connectivity index (χ1) is 16.0. The number of rotatable bonds is 10. The fraction of sp³-hybridized carbons (Fsp3) is 0.333. The molecule has 2 aromatic carbocycles. The summed E-state index contributed by atoms with van der Waals surface area (Å²) in [7, 11) is 0. The zero-order valence-electron chi connectivity index (χ0n) is 18.5. The highest BCUT2D eigenvalue weighted by Gasteiger charge is 2.41. The Labute approximate surface area is 192 Å². The van der Waals surface area contributed by atoms with Gasteiger partial charge in [0.1, 0.15) is 23.7 Å². The van der Waals surface area contributed by atoms with Gasteiger partial charge in [0.25, 0.3) is 0 Å². The lowest BCUT2D eigenvalue weighted by Crippen LogP contribution is -2.33. The van der Waals surface area contributed by atoms with E-state index in [0.29, 0.717) is 29.9 Å². The normalized spacial score (nSPS) is 14.0. The van der Waals surface area contributed by atoms with E-state index in [0.717, 1.165) is 6.07 Å². The number of halogens is 6. The van der Waals surface area contributed by atoms with E-state index in [9.17, 15) is 26.3 Å². The van der Waals surface area contributed by atoms with E-state index in [2.05, 4.69) is 10.1 Å². The minimum absolute atomic E-state index is 0.0340. The Bertz CT molecular complexity index is 1130. The molecule has 0 bridgehead atoms. The first kappa shape index (κ1) is 25.3. The van der Waals surface area contributed by atoms with Crippen molar-refractivity contribution in [1.82, 2.24) is 14.8 Å². The Morgan fingerprint density at radius 3 is 2.38 bits per heavy atom. The van der Waals surface area contributed by atoms with E-state index >= 15 is 0 Å². The third-order valence-electron chi connectivity index (χ3n) is 5.48. The molecule has 182 valence electrons. The molecular weight excluding hydrogens is 460 g/mol. The Morgan fingerprint density at radius 1 is 1.06 bits per heavy atom. The van der Waals surface area contributed by atoms with Gasteiger partial charge in [0, 0.05) is 11.5 Å². The van der Waals surface area contributed by atoms with Gasteiger partial charge < -0.3 is 4.74 Å². The molecule has 0 spiro atoms. The summed E-state index contributed by atoms with van der Waals surface area (Å²) in [5, 5.41) is 4.36. The molecule has 1 atom stereocenters. The molecule has 0 radical (unpaired) electrons. The second-order valence-electron chi connectivity index (χ2n) is 8.09. The van der Waals surface area contributed by atoms with Crippen molar-refractivity contribution >= 4 is 12.2 Å². The largest absolute Gasteiger partial charge is 0.487 e. The van der Waals surface area contributed by atoms with Gasteiger partial charge in [-0.1, -0.05) is 38.1 Å². The molecule has 0 aliphatic carbocycles. The number of aromatic nitrogens is 3. The van der Waals surface area contributed by atoms with Gasteiger partial charge in [-0.25, -0.2) is 22.5 Å².